The Kier molecular flexibility index (Phi) is 5.81. The van der Waals surface area contributed by atoms with Gasteiger partial charge in [0.05, 0.1) is 6.10 Å². The molecule has 0 aliphatic carbocycles. The number of fused-ring (bicyclic) bond motifs is 1. The summed E-state index contributed by atoms with van der Waals surface area (Å²) in [4.78, 5) is 2.52. The lowest BCUT2D eigenvalue weighted by atomic mass is 9.83. The lowest BCUT2D eigenvalue weighted by Crippen LogP contribution is -2.50. The van der Waals surface area contributed by atoms with Crippen molar-refractivity contribution in [3.05, 3.63) is 59.7 Å². The Morgan fingerprint density at radius 3 is 2.14 bits per heavy atom. The van der Waals surface area contributed by atoms with Crippen LogP contribution in [-0.2, 0) is 5.79 Å². The van der Waals surface area contributed by atoms with Crippen molar-refractivity contribution in [2.45, 2.75) is 51.0 Å². The highest BCUT2D eigenvalue weighted by Gasteiger charge is 2.51. The van der Waals surface area contributed by atoms with Crippen LogP contribution in [0.2, 0.25) is 0 Å². The largest absolute Gasteiger partial charge is 0.444 e. The molecule has 29 heavy (non-hydrogen) atoms. The Morgan fingerprint density at radius 2 is 1.62 bits per heavy atom. The van der Waals surface area contributed by atoms with Crippen molar-refractivity contribution in [1.29, 1.82) is 0 Å². The fraction of sp³-hybridized carbons (Fsp3) is 0.500. The second-order valence-corrected chi connectivity index (χ2v) is 8.35. The summed E-state index contributed by atoms with van der Waals surface area (Å²) in [5.41, 5.74) is 7.66. The third kappa shape index (κ3) is 3.87. The maximum Gasteiger partial charge on any atom is 0.281 e. The van der Waals surface area contributed by atoms with Crippen LogP contribution in [0.15, 0.2) is 48.5 Å². The van der Waals surface area contributed by atoms with Gasteiger partial charge in [-0.1, -0.05) is 36.4 Å². The molecule has 5 heteroatoms. The van der Waals surface area contributed by atoms with Crippen LogP contribution in [-0.4, -0.2) is 35.7 Å². The lowest BCUT2D eigenvalue weighted by Gasteiger charge is -2.42. The highest BCUT2D eigenvalue weighted by Crippen LogP contribution is 2.50. The summed E-state index contributed by atoms with van der Waals surface area (Å²) in [6.45, 7) is 6.80. The van der Waals surface area contributed by atoms with Gasteiger partial charge < -0.3 is 25.2 Å². The summed E-state index contributed by atoms with van der Waals surface area (Å²) >= 11 is 0. The zero-order valence-electron chi connectivity index (χ0n) is 17.4. The maximum atomic E-state index is 9.88. The number of rotatable bonds is 6. The molecule has 2 heterocycles. The number of aliphatic hydroxyl groups excluding tert-OH is 1. The number of hydrogen-bond acceptors (Lipinski definition) is 5. The van der Waals surface area contributed by atoms with Crippen LogP contribution in [0.5, 0.6) is 11.5 Å². The van der Waals surface area contributed by atoms with Crippen molar-refractivity contribution in [2.75, 3.05) is 19.6 Å². The first-order valence-electron chi connectivity index (χ1n) is 10.7. The minimum absolute atomic E-state index is 0.244. The molecule has 1 saturated heterocycles. The molecule has 5 nitrogen and oxygen atoms in total. The lowest BCUT2D eigenvalue weighted by molar-refractivity contribution is -0.149. The van der Waals surface area contributed by atoms with E-state index >= 15 is 0 Å². The van der Waals surface area contributed by atoms with Crippen LogP contribution in [0, 0.1) is 5.92 Å². The number of likely N-dealkylation sites (tertiary alicyclic amines) is 1. The monoisotopic (exact) mass is 396 g/mol. The second-order valence-electron chi connectivity index (χ2n) is 8.35. The molecule has 2 atom stereocenters. The summed E-state index contributed by atoms with van der Waals surface area (Å²) in [6.07, 6.45) is 2.53. The standard InChI is InChI=1S/C24H32N2O3/c1-17(11-14-25)26-15-12-21(13-16-26)24(20-9-7-19(8-10-20)18(2)27)28-22-5-3-4-6-23(22)29-24/h3-10,17-18,21,27H,11-16,25H2,1-2H3. The summed E-state index contributed by atoms with van der Waals surface area (Å²) in [5, 5.41) is 9.88. The van der Waals surface area contributed by atoms with E-state index in [0.717, 1.165) is 61.5 Å². The van der Waals surface area contributed by atoms with Crippen LogP contribution >= 0.6 is 0 Å². The van der Waals surface area contributed by atoms with Gasteiger partial charge >= 0.3 is 0 Å². The normalized spacial score (nSPS) is 21.1. The average molecular weight is 397 g/mol. The van der Waals surface area contributed by atoms with E-state index in [1.807, 2.05) is 48.5 Å². The van der Waals surface area contributed by atoms with Gasteiger partial charge in [0.2, 0.25) is 0 Å². The molecule has 0 aromatic heterocycles. The third-order valence-electron chi connectivity index (χ3n) is 6.44. The first-order chi connectivity index (χ1) is 14.0. The van der Waals surface area contributed by atoms with Gasteiger partial charge in [0.25, 0.3) is 5.79 Å². The van der Waals surface area contributed by atoms with Gasteiger partial charge in [0, 0.05) is 17.5 Å². The number of piperidine rings is 1. The smallest absolute Gasteiger partial charge is 0.281 e. The van der Waals surface area contributed by atoms with E-state index < -0.39 is 11.9 Å². The highest BCUT2D eigenvalue weighted by atomic mass is 16.7. The van der Waals surface area contributed by atoms with Crippen molar-refractivity contribution in [1.82, 2.24) is 4.90 Å². The first kappa shape index (κ1) is 20.2. The fourth-order valence-electron chi connectivity index (χ4n) is 4.62. The predicted octanol–water partition coefficient (Wildman–Crippen LogP) is 3.81. The van der Waals surface area contributed by atoms with Gasteiger partial charge in [-0.25, -0.2) is 0 Å². The number of hydrogen-bond donors (Lipinski definition) is 2. The number of ether oxygens (including phenoxy) is 2. The van der Waals surface area contributed by atoms with Crippen LogP contribution < -0.4 is 15.2 Å². The molecular weight excluding hydrogens is 364 g/mol. The molecule has 2 unspecified atom stereocenters. The summed E-state index contributed by atoms with van der Waals surface area (Å²) in [6, 6.07) is 16.4. The van der Waals surface area contributed by atoms with Crippen molar-refractivity contribution in [3.8, 4) is 11.5 Å². The van der Waals surface area contributed by atoms with Crippen molar-refractivity contribution in [2.24, 2.45) is 11.7 Å². The van der Waals surface area contributed by atoms with E-state index in [4.69, 9.17) is 15.2 Å². The van der Waals surface area contributed by atoms with E-state index in [0.29, 0.717) is 6.04 Å². The maximum absolute atomic E-state index is 9.88. The van der Waals surface area contributed by atoms with Gasteiger partial charge in [-0.3, -0.25) is 0 Å². The van der Waals surface area contributed by atoms with E-state index in [-0.39, 0.29) is 5.92 Å². The van der Waals surface area contributed by atoms with E-state index in [1.54, 1.807) is 6.92 Å². The Hall–Kier alpha value is -2.08. The molecule has 0 amide bonds. The zero-order chi connectivity index (χ0) is 20.4. The zero-order valence-corrected chi connectivity index (χ0v) is 17.4. The summed E-state index contributed by atoms with van der Waals surface area (Å²) < 4.78 is 13.1. The summed E-state index contributed by atoms with van der Waals surface area (Å²) in [7, 11) is 0. The third-order valence-corrected chi connectivity index (χ3v) is 6.44. The number of nitrogens with zero attached hydrogens (tertiary/aromatic N) is 1. The quantitative estimate of drug-likeness (QED) is 0.777. The van der Waals surface area contributed by atoms with E-state index in [1.165, 1.54) is 0 Å². The molecule has 2 aromatic carbocycles. The van der Waals surface area contributed by atoms with Gasteiger partial charge in [-0.2, -0.15) is 0 Å². The van der Waals surface area contributed by atoms with Crippen molar-refractivity contribution >= 4 is 0 Å². The fourth-order valence-corrected chi connectivity index (χ4v) is 4.62. The molecule has 2 aromatic rings. The van der Waals surface area contributed by atoms with Crippen LogP contribution in [0.3, 0.4) is 0 Å². The number of aliphatic hydroxyl groups is 1. The number of benzene rings is 2. The molecule has 2 aliphatic rings. The predicted molar refractivity (Wildman–Crippen MR) is 114 cm³/mol. The molecule has 0 bridgehead atoms. The molecule has 1 fully saturated rings. The van der Waals surface area contributed by atoms with Crippen LogP contribution in [0.4, 0.5) is 0 Å². The van der Waals surface area contributed by atoms with Crippen molar-refractivity contribution in [3.63, 3.8) is 0 Å². The number of nitrogens with two attached hydrogens (primary N) is 1. The second kappa shape index (κ2) is 8.34. The molecule has 0 radical (unpaired) electrons. The van der Waals surface area contributed by atoms with E-state index in [9.17, 15) is 5.11 Å². The van der Waals surface area contributed by atoms with Gasteiger partial charge in [0.1, 0.15) is 0 Å². The Bertz CT molecular complexity index is 788. The number of para-hydroxylation sites is 2. The van der Waals surface area contributed by atoms with Gasteiger partial charge in [-0.15, -0.1) is 0 Å². The SMILES string of the molecule is CC(O)c1ccc(C2(C3CCN(C(C)CCN)CC3)Oc3ccccc3O2)cc1. The van der Waals surface area contributed by atoms with Crippen LogP contribution in [0.25, 0.3) is 0 Å². The average Bonchev–Trinajstić information content (AvgIpc) is 3.15. The minimum Gasteiger partial charge on any atom is -0.444 e. The van der Waals surface area contributed by atoms with Gasteiger partial charge in [0.15, 0.2) is 11.5 Å². The first-order valence-corrected chi connectivity index (χ1v) is 10.7. The van der Waals surface area contributed by atoms with E-state index in [2.05, 4.69) is 11.8 Å². The molecule has 156 valence electrons. The van der Waals surface area contributed by atoms with Gasteiger partial charge in [-0.05, 0) is 70.4 Å². The topological polar surface area (TPSA) is 68.0 Å². The molecule has 3 N–H and O–H groups in total. The summed E-state index contributed by atoms with van der Waals surface area (Å²) in [5.74, 6) is 1.02. The Balaban J connectivity index is 1.61. The Labute approximate surface area is 173 Å². The Morgan fingerprint density at radius 1 is 1.03 bits per heavy atom. The van der Waals surface area contributed by atoms with Crippen LogP contribution in [0.1, 0.15) is 50.3 Å². The molecular formula is C24H32N2O3. The van der Waals surface area contributed by atoms with Crippen molar-refractivity contribution < 1.29 is 14.6 Å². The highest BCUT2D eigenvalue weighted by molar-refractivity contribution is 5.45. The minimum atomic E-state index is -0.815. The molecule has 0 spiro atoms. The molecule has 4 rings (SSSR count). The molecule has 2 aliphatic heterocycles. The molecule has 0 saturated carbocycles.